The maximum absolute atomic E-state index is 14.1. The predicted molar refractivity (Wildman–Crippen MR) is 109 cm³/mol. The topological polar surface area (TPSA) is 79.5 Å². The summed E-state index contributed by atoms with van der Waals surface area (Å²) in [6, 6.07) is 12.9. The quantitative estimate of drug-likeness (QED) is 0.422. The van der Waals surface area contributed by atoms with Crippen LogP contribution < -0.4 is 10.6 Å². The lowest BCUT2D eigenvalue weighted by molar-refractivity contribution is -0.192. The van der Waals surface area contributed by atoms with E-state index in [4.69, 9.17) is 15.6 Å². The van der Waals surface area contributed by atoms with Gasteiger partial charge in [-0.2, -0.15) is 13.2 Å². The number of carboxylic acids is 1. The second kappa shape index (κ2) is 9.65. The number of alkyl halides is 3. The fraction of sp³-hybridized carbons (Fsp3) is 0.273. The Bertz CT molecular complexity index is 1150. The van der Waals surface area contributed by atoms with E-state index in [0.717, 1.165) is 22.8 Å². The molecule has 1 aromatic heterocycles. The highest BCUT2D eigenvalue weighted by atomic mass is 19.4. The van der Waals surface area contributed by atoms with E-state index in [0.29, 0.717) is 25.6 Å². The molecule has 176 valence electrons. The van der Waals surface area contributed by atoms with Gasteiger partial charge < -0.3 is 15.7 Å². The first-order valence-corrected chi connectivity index (χ1v) is 9.78. The van der Waals surface area contributed by atoms with Crippen molar-refractivity contribution in [3.8, 4) is 0 Å². The Morgan fingerprint density at radius 3 is 2.30 bits per heavy atom. The molecule has 3 N–H and O–H groups in total. The zero-order valence-electron chi connectivity index (χ0n) is 17.0. The zero-order valence-corrected chi connectivity index (χ0v) is 17.0. The van der Waals surface area contributed by atoms with Crippen LogP contribution in [0, 0.1) is 17.5 Å². The van der Waals surface area contributed by atoms with E-state index in [1.807, 2.05) is 41.3 Å². The van der Waals surface area contributed by atoms with Crippen molar-refractivity contribution >= 4 is 22.7 Å². The molecule has 0 spiro atoms. The minimum Gasteiger partial charge on any atom is -0.475 e. The molecule has 2 aromatic carbocycles. The van der Waals surface area contributed by atoms with Crippen LogP contribution in [-0.4, -0.2) is 41.4 Å². The van der Waals surface area contributed by atoms with Crippen LogP contribution in [0.2, 0.25) is 0 Å². The van der Waals surface area contributed by atoms with Gasteiger partial charge in [0.05, 0.1) is 5.52 Å². The van der Waals surface area contributed by atoms with Gasteiger partial charge in [-0.1, -0.05) is 18.2 Å². The van der Waals surface area contributed by atoms with Crippen molar-refractivity contribution < 1.29 is 36.2 Å². The molecule has 4 rings (SSSR count). The number of rotatable bonds is 2. The van der Waals surface area contributed by atoms with Crippen LogP contribution in [0.1, 0.15) is 17.9 Å². The molecule has 1 fully saturated rings. The Hall–Kier alpha value is -3.34. The fourth-order valence-corrected chi connectivity index (χ4v) is 3.63. The number of fused-ring (bicyclic) bond motifs is 1. The monoisotopic (exact) mass is 471 g/mol. The van der Waals surface area contributed by atoms with Gasteiger partial charge in [-0.15, -0.1) is 0 Å². The van der Waals surface area contributed by atoms with Gasteiger partial charge in [0.25, 0.3) is 0 Å². The van der Waals surface area contributed by atoms with Crippen LogP contribution in [0.25, 0.3) is 10.9 Å². The SMILES string of the molecule is N[C@H]1CN(c2ccc3ccccc3n2)CC[C@@H]1c1cc(F)c(F)cc1F.O=C(O)C(F)(F)F. The van der Waals surface area contributed by atoms with Crippen LogP contribution >= 0.6 is 0 Å². The molecule has 0 amide bonds. The van der Waals surface area contributed by atoms with Crippen LogP contribution in [-0.2, 0) is 4.79 Å². The minimum absolute atomic E-state index is 0.141. The molecule has 2 heterocycles. The summed E-state index contributed by atoms with van der Waals surface area (Å²) in [7, 11) is 0. The van der Waals surface area contributed by atoms with Crippen molar-refractivity contribution in [1.82, 2.24) is 4.98 Å². The lowest BCUT2D eigenvalue weighted by atomic mass is 9.85. The van der Waals surface area contributed by atoms with E-state index in [9.17, 15) is 26.3 Å². The van der Waals surface area contributed by atoms with E-state index in [1.165, 1.54) is 0 Å². The largest absolute Gasteiger partial charge is 0.490 e. The molecular weight excluding hydrogens is 452 g/mol. The van der Waals surface area contributed by atoms with Crippen molar-refractivity contribution in [2.75, 3.05) is 18.0 Å². The van der Waals surface area contributed by atoms with Crippen LogP contribution in [0.3, 0.4) is 0 Å². The van der Waals surface area contributed by atoms with Crippen molar-refractivity contribution in [2.45, 2.75) is 24.6 Å². The molecular formula is C22H19F6N3O2. The molecule has 0 aliphatic carbocycles. The van der Waals surface area contributed by atoms with E-state index in [1.54, 1.807) is 0 Å². The highest BCUT2D eigenvalue weighted by Gasteiger charge is 2.38. The molecule has 3 aromatic rings. The lowest BCUT2D eigenvalue weighted by Gasteiger charge is -2.37. The highest BCUT2D eigenvalue weighted by molar-refractivity contribution is 5.80. The van der Waals surface area contributed by atoms with Gasteiger partial charge in [0.15, 0.2) is 11.6 Å². The number of aliphatic carboxylic acids is 1. The molecule has 0 radical (unpaired) electrons. The van der Waals surface area contributed by atoms with Crippen LogP contribution in [0.4, 0.5) is 32.2 Å². The number of piperidine rings is 1. The molecule has 1 aliphatic heterocycles. The normalized spacial score (nSPS) is 18.6. The zero-order chi connectivity index (χ0) is 24.3. The fourth-order valence-electron chi connectivity index (χ4n) is 3.63. The summed E-state index contributed by atoms with van der Waals surface area (Å²) in [5.74, 6) is -5.29. The molecule has 0 saturated carbocycles. The summed E-state index contributed by atoms with van der Waals surface area (Å²) in [6.45, 7) is 1.08. The van der Waals surface area contributed by atoms with Gasteiger partial charge in [0, 0.05) is 36.5 Å². The first-order chi connectivity index (χ1) is 15.5. The Kier molecular flexibility index (Phi) is 7.11. The number of pyridine rings is 1. The van der Waals surface area contributed by atoms with Crippen LogP contribution in [0.15, 0.2) is 48.5 Å². The van der Waals surface area contributed by atoms with Gasteiger partial charge in [0.2, 0.25) is 0 Å². The summed E-state index contributed by atoms with van der Waals surface area (Å²) >= 11 is 0. The molecule has 1 saturated heterocycles. The van der Waals surface area contributed by atoms with Crippen molar-refractivity contribution in [3.05, 3.63) is 71.5 Å². The number of benzene rings is 2. The number of carboxylic acid groups (broad SMARTS) is 1. The van der Waals surface area contributed by atoms with Crippen LogP contribution in [0.5, 0.6) is 0 Å². The van der Waals surface area contributed by atoms with E-state index in [2.05, 4.69) is 4.98 Å². The molecule has 1 aliphatic rings. The minimum atomic E-state index is -5.08. The Labute approximate surface area is 184 Å². The number of para-hydroxylation sites is 1. The second-order valence-corrected chi connectivity index (χ2v) is 7.46. The summed E-state index contributed by atoms with van der Waals surface area (Å²) in [5, 5.41) is 8.18. The summed E-state index contributed by atoms with van der Waals surface area (Å²) in [4.78, 5) is 15.6. The van der Waals surface area contributed by atoms with Crippen molar-refractivity contribution in [3.63, 3.8) is 0 Å². The predicted octanol–water partition coefficient (Wildman–Crippen LogP) is 4.61. The number of anilines is 1. The number of carbonyl (C=O) groups is 1. The van der Waals surface area contributed by atoms with E-state index >= 15 is 0 Å². The molecule has 2 atom stereocenters. The number of halogens is 6. The Balaban J connectivity index is 0.000000383. The number of nitrogens with zero attached hydrogens (tertiary/aromatic N) is 2. The third-order valence-corrected chi connectivity index (χ3v) is 5.25. The third-order valence-electron chi connectivity index (χ3n) is 5.25. The Morgan fingerprint density at radius 1 is 1.03 bits per heavy atom. The van der Waals surface area contributed by atoms with Gasteiger partial charge in [-0.3, -0.25) is 0 Å². The van der Waals surface area contributed by atoms with Gasteiger partial charge >= 0.3 is 12.1 Å². The third kappa shape index (κ3) is 5.72. The van der Waals surface area contributed by atoms with Gasteiger partial charge in [-0.25, -0.2) is 22.9 Å². The first-order valence-electron chi connectivity index (χ1n) is 9.78. The Morgan fingerprint density at radius 2 is 1.67 bits per heavy atom. The van der Waals surface area contributed by atoms with Gasteiger partial charge in [0.1, 0.15) is 11.6 Å². The number of nitrogens with two attached hydrogens (primary N) is 1. The molecule has 5 nitrogen and oxygen atoms in total. The lowest BCUT2D eigenvalue weighted by Crippen LogP contribution is -2.48. The highest BCUT2D eigenvalue weighted by Crippen LogP contribution is 2.32. The second-order valence-electron chi connectivity index (χ2n) is 7.46. The first kappa shape index (κ1) is 24.3. The maximum atomic E-state index is 14.1. The molecule has 0 bridgehead atoms. The maximum Gasteiger partial charge on any atom is 0.490 e. The summed E-state index contributed by atoms with van der Waals surface area (Å²) < 4.78 is 72.5. The molecule has 33 heavy (non-hydrogen) atoms. The molecule has 0 unspecified atom stereocenters. The van der Waals surface area contributed by atoms with Crippen molar-refractivity contribution in [1.29, 1.82) is 0 Å². The number of hydrogen-bond donors (Lipinski definition) is 2. The van der Waals surface area contributed by atoms with Crippen molar-refractivity contribution in [2.24, 2.45) is 5.73 Å². The summed E-state index contributed by atoms with van der Waals surface area (Å²) in [6.07, 6.45) is -4.54. The van der Waals surface area contributed by atoms with E-state index in [-0.39, 0.29) is 11.5 Å². The average molecular weight is 471 g/mol. The number of hydrogen-bond acceptors (Lipinski definition) is 4. The average Bonchev–Trinajstić information content (AvgIpc) is 2.76. The number of aromatic nitrogens is 1. The molecule has 11 heteroatoms. The standard InChI is InChI=1S/C20H18F3N3.C2HF3O2/c21-15-10-17(23)16(22)9-14(15)13-7-8-26(11-18(13)24)20-6-5-12-3-1-2-4-19(12)25-20;3-2(4,5)1(6)7/h1-6,9-10,13,18H,7-8,11,24H2;(H,6,7)/t13-,18+;/m1./s1. The smallest absolute Gasteiger partial charge is 0.475 e. The summed E-state index contributed by atoms with van der Waals surface area (Å²) in [5.41, 5.74) is 7.29. The van der Waals surface area contributed by atoms with E-state index < -0.39 is 35.6 Å². The van der Waals surface area contributed by atoms with Gasteiger partial charge in [-0.05, 0) is 36.2 Å².